The van der Waals surface area contributed by atoms with Gasteiger partial charge in [0.1, 0.15) is 4.90 Å². The fourth-order valence-corrected chi connectivity index (χ4v) is 4.73. The van der Waals surface area contributed by atoms with Crippen LogP contribution in [0.15, 0.2) is 65.6 Å². The summed E-state index contributed by atoms with van der Waals surface area (Å²) in [6, 6.07) is 16.0. The Bertz CT molecular complexity index is 1270. The molecular formula is C24H27N3O5S. The van der Waals surface area contributed by atoms with Crippen molar-refractivity contribution in [3.05, 3.63) is 71.8 Å². The third kappa shape index (κ3) is 5.88. The van der Waals surface area contributed by atoms with E-state index in [1.807, 2.05) is 13.8 Å². The maximum absolute atomic E-state index is 13.2. The molecule has 4 N–H and O–H groups in total. The minimum absolute atomic E-state index is 0.0144. The zero-order valence-corrected chi connectivity index (χ0v) is 19.3. The Labute approximate surface area is 193 Å². The summed E-state index contributed by atoms with van der Waals surface area (Å²) < 4.78 is 28.8. The van der Waals surface area contributed by atoms with E-state index < -0.39 is 21.9 Å². The number of fused-ring (bicyclic) bond motifs is 1. The number of carbonyl (C=O) groups is 2. The second kappa shape index (κ2) is 10.5. The predicted molar refractivity (Wildman–Crippen MR) is 128 cm³/mol. The van der Waals surface area contributed by atoms with E-state index in [9.17, 15) is 23.1 Å². The quantitative estimate of drug-likeness (QED) is 0.337. The third-order valence-electron chi connectivity index (χ3n) is 5.00. The van der Waals surface area contributed by atoms with Gasteiger partial charge < -0.3 is 15.7 Å². The number of benzene rings is 3. The van der Waals surface area contributed by atoms with Crippen molar-refractivity contribution < 1.29 is 23.1 Å². The van der Waals surface area contributed by atoms with Gasteiger partial charge in [0, 0.05) is 12.6 Å². The van der Waals surface area contributed by atoms with Crippen molar-refractivity contribution in [2.24, 2.45) is 0 Å². The van der Waals surface area contributed by atoms with Crippen LogP contribution in [0.3, 0.4) is 0 Å². The van der Waals surface area contributed by atoms with Gasteiger partial charge in [-0.3, -0.25) is 9.52 Å². The summed E-state index contributed by atoms with van der Waals surface area (Å²) in [6.45, 7) is 5.16. The van der Waals surface area contributed by atoms with E-state index in [1.165, 1.54) is 24.3 Å². The van der Waals surface area contributed by atoms with Gasteiger partial charge in [-0.15, -0.1) is 0 Å². The average molecular weight is 470 g/mol. The number of hydrogen-bond acceptors (Lipinski definition) is 5. The van der Waals surface area contributed by atoms with E-state index in [2.05, 4.69) is 15.4 Å². The van der Waals surface area contributed by atoms with Gasteiger partial charge in [0.25, 0.3) is 15.9 Å². The lowest BCUT2D eigenvalue weighted by Gasteiger charge is -2.15. The van der Waals surface area contributed by atoms with Crippen LogP contribution in [0, 0.1) is 0 Å². The number of anilines is 1. The molecule has 0 aliphatic rings. The maximum atomic E-state index is 13.2. The van der Waals surface area contributed by atoms with Gasteiger partial charge >= 0.3 is 5.97 Å². The van der Waals surface area contributed by atoms with E-state index in [-0.39, 0.29) is 21.7 Å². The molecular weight excluding hydrogens is 442 g/mol. The number of sulfonamides is 1. The summed E-state index contributed by atoms with van der Waals surface area (Å²) in [6.07, 6.45) is 0.691. The van der Waals surface area contributed by atoms with Gasteiger partial charge in [-0.05, 0) is 41.9 Å². The Kier molecular flexibility index (Phi) is 7.67. The van der Waals surface area contributed by atoms with Crippen LogP contribution in [0.4, 0.5) is 5.69 Å². The number of carboxylic acids is 1. The van der Waals surface area contributed by atoms with Crippen LogP contribution < -0.4 is 15.4 Å². The van der Waals surface area contributed by atoms with Crippen molar-refractivity contribution in [1.29, 1.82) is 0 Å². The first kappa shape index (κ1) is 24.2. The molecule has 0 bridgehead atoms. The predicted octanol–water partition coefficient (Wildman–Crippen LogP) is 3.46. The molecule has 0 unspecified atom stereocenters. The summed E-state index contributed by atoms with van der Waals surface area (Å²) in [5.41, 5.74) is -0.244. The molecule has 0 fully saturated rings. The van der Waals surface area contributed by atoms with Crippen LogP contribution in [0.5, 0.6) is 0 Å². The normalized spacial score (nSPS) is 11.5. The molecule has 3 aromatic rings. The summed E-state index contributed by atoms with van der Waals surface area (Å²) >= 11 is 0. The molecule has 0 aliphatic heterocycles. The summed E-state index contributed by atoms with van der Waals surface area (Å²) in [7, 11) is -4.25. The Morgan fingerprint density at radius 2 is 1.64 bits per heavy atom. The molecule has 0 radical (unpaired) electrons. The molecule has 0 saturated heterocycles. The van der Waals surface area contributed by atoms with Crippen molar-refractivity contribution >= 4 is 38.4 Å². The van der Waals surface area contributed by atoms with Gasteiger partial charge in [0.15, 0.2) is 0 Å². The van der Waals surface area contributed by atoms with Crippen molar-refractivity contribution in [1.82, 2.24) is 10.6 Å². The number of amides is 1. The molecule has 8 nitrogen and oxygen atoms in total. The van der Waals surface area contributed by atoms with E-state index in [4.69, 9.17) is 0 Å². The lowest BCUT2D eigenvalue weighted by atomic mass is 10.0. The SMILES string of the molecule is CC(C)NCCCNC(=O)c1ccccc1S(=O)(=O)Nc1ccc2ccccc2c1C(=O)O. The van der Waals surface area contributed by atoms with Crippen molar-refractivity contribution in [2.75, 3.05) is 17.8 Å². The molecule has 0 saturated carbocycles. The van der Waals surface area contributed by atoms with Crippen molar-refractivity contribution in [3.63, 3.8) is 0 Å². The van der Waals surface area contributed by atoms with Gasteiger partial charge in [-0.1, -0.05) is 56.3 Å². The Morgan fingerprint density at radius 1 is 0.939 bits per heavy atom. The molecule has 0 aromatic heterocycles. The van der Waals surface area contributed by atoms with Crippen molar-refractivity contribution in [2.45, 2.75) is 31.2 Å². The highest BCUT2D eigenvalue weighted by Crippen LogP contribution is 2.29. The summed E-state index contributed by atoms with van der Waals surface area (Å²) in [5, 5.41) is 16.8. The second-order valence-electron chi connectivity index (χ2n) is 7.83. The second-order valence-corrected chi connectivity index (χ2v) is 9.49. The van der Waals surface area contributed by atoms with Crippen molar-refractivity contribution in [3.8, 4) is 0 Å². The fraction of sp³-hybridized carbons (Fsp3) is 0.250. The Morgan fingerprint density at radius 3 is 2.36 bits per heavy atom. The van der Waals surface area contributed by atoms with Crippen LogP contribution in [0.25, 0.3) is 10.8 Å². The molecule has 9 heteroatoms. The smallest absolute Gasteiger partial charge is 0.338 e. The summed E-state index contributed by atoms with van der Waals surface area (Å²) in [5.74, 6) is -1.77. The maximum Gasteiger partial charge on any atom is 0.338 e. The van der Waals surface area contributed by atoms with Crippen LogP contribution in [0.1, 0.15) is 41.0 Å². The number of aromatic carboxylic acids is 1. The first-order chi connectivity index (χ1) is 15.7. The minimum Gasteiger partial charge on any atom is -0.478 e. The van der Waals surface area contributed by atoms with E-state index in [0.29, 0.717) is 29.8 Å². The number of carboxylic acid groups (broad SMARTS) is 1. The molecule has 0 heterocycles. The standard InChI is InChI=1S/C24H27N3O5S/c1-16(2)25-14-7-15-26-23(28)19-10-5-6-11-21(19)33(31,32)27-20-13-12-17-8-3-4-9-18(17)22(20)24(29)30/h3-6,8-13,16,25,27H,7,14-15H2,1-2H3,(H,26,28)(H,29,30). The molecule has 33 heavy (non-hydrogen) atoms. The number of nitrogens with one attached hydrogen (secondary N) is 3. The fourth-order valence-electron chi connectivity index (χ4n) is 3.45. The van der Waals surface area contributed by atoms with Crippen LogP contribution in [-0.4, -0.2) is 44.5 Å². The van der Waals surface area contributed by atoms with Gasteiger partial charge in [0.2, 0.25) is 0 Å². The van der Waals surface area contributed by atoms with Crippen LogP contribution in [-0.2, 0) is 10.0 Å². The number of carbonyl (C=O) groups excluding carboxylic acids is 1. The van der Waals surface area contributed by atoms with Crippen LogP contribution in [0.2, 0.25) is 0 Å². The first-order valence-electron chi connectivity index (χ1n) is 10.6. The highest BCUT2D eigenvalue weighted by Gasteiger charge is 2.25. The highest BCUT2D eigenvalue weighted by molar-refractivity contribution is 7.92. The summed E-state index contributed by atoms with van der Waals surface area (Å²) in [4.78, 5) is 24.4. The Hall–Kier alpha value is -3.43. The highest BCUT2D eigenvalue weighted by atomic mass is 32.2. The molecule has 1 amide bonds. The lowest BCUT2D eigenvalue weighted by Crippen LogP contribution is -2.30. The van der Waals surface area contributed by atoms with Gasteiger partial charge in [0.05, 0.1) is 16.8 Å². The lowest BCUT2D eigenvalue weighted by molar-refractivity contribution is 0.0700. The van der Waals surface area contributed by atoms with E-state index in [1.54, 1.807) is 36.4 Å². The largest absolute Gasteiger partial charge is 0.478 e. The molecule has 174 valence electrons. The minimum atomic E-state index is -4.25. The third-order valence-corrected chi connectivity index (χ3v) is 6.42. The topological polar surface area (TPSA) is 125 Å². The molecule has 0 spiro atoms. The van der Waals surface area contributed by atoms with Gasteiger partial charge in [-0.25, -0.2) is 13.2 Å². The number of rotatable bonds is 10. The molecule has 3 aromatic carbocycles. The van der Waals surface area contributed by atoms with Crippen LogP contribution >= 0.6 is 0 Å². The Balaban J connectivity index is 1.87. The molecule has 0 aliphatic carbocycles. The zero-order valence-electron chi connectivity index (χ0n) is 18.5. The average Bonchev–Trinajstić information content (AvgIpc) is 2.78. The number of hydrogen-bond donors (Lipinski definition) is 4. The van der Waals surface area contributed by atoms with E-state index >= 15 is 0 Å². The van der Waals surface area contributed by atoms with Gasteiger partial charge in [-0.2, -0.15) is 0 Å². The zero-order chi connectivity index (χ0) is 24.0. The molecule has 0 atom stereocenters. The monoisotopic (exact) mass is 469 g/mol. The first-order valence-corrected chi connectivity index (χ1v) is 12.1. The molecule has 3 rings (SSSR count). The van der Waals surface area contributed by atoms with E-state index in [0.717, 1.165) is 6.54 Å².